The van der Waals surface area contributed by atoms with Crippen LogP contribution in [0, 0.1) is 0 Å². The molecule has 0 spiro atoms. The summed E-state index contributed by atoms with van der Waals surface area (Å²) in [4.78, 5) is 24.2. The zero-order valence-electron chi connectivity index (χ0n) is 10.1. The number of rotatable bonds is 3. The number of ether oxygens (including phenoxy) is 1. The van der Waals surface area contributed by atoms with Crippen molar-refractivity contribution in [2.24, 2.45) is 0 Å². The Labute approximate surface area is 112 Å². The Morgan fingerprint density at radius 3 is 3.05 bits per heavy atom. The van der Waals surface area contributed by atoms with Crippen molar-refractivity contribution in [1.29, 1.82) is 0 Å². The van der Waals surface area contributed by atoms with E-state index in [-0.39, 0.29) is 5.69 Å². The molecule has 3 heterocycles. The third-order valence-corrected chi connectivity index (χ3v) is 3.30. The molecule has 0 bridgehead atoms. The highest BCUT2D eigenvalue weighted by Gasteiger charge is 2.15. The van der Waals surface area contributed by atoms with E-state index in [1.165, 1.54) is 11.3 Å². The van der Waals surface area contributed by atoms with Gasteiger partial charge in [0.05, 0.1) is 12.3 Å². The van der Waals surface area contributed by atoms with Gasteiger partial charge in [0.25, 0.3) is 0 Å². The van der Waals surface area contributed by atoms with Gasteiger partial charge in [0.1, 0.15) is 5.01 Å². The fourth-order valence-electron chi connectivity index (χ4n) is 1.72. The summed E-state index contributed by atoms with van der Waals surface area (Å²) < 4.78 is 6.67. The SMILES string of the molecule is CCOC(=O)c1cn2c(-c3nccs3)ccnc2n1. The lowest BCUT2D eigenvalue weighted by atomic mass is 10.4. The van der Waals surface area contributed by atoms with E-state index in [1.807, 2.05) is 11.4 Å². The maximum atomic E-state index is 11.7. The molecule has 3 aromatic rings. The van der Waals surface area contributed by atoms with Crippen molar-refractivity contribution < 1.29 is 9.53 Å². The van der Waals surface area contributed by atoms with Crippen LogP contribution in [0.4, 0.5) is 0 Å². The van der Waals surface area contributed by atoms with Crippen LogP contribution >= 0.6 is 11.3 Å². The maximum absolute atomic E-state index is 11.7. The first kappa shape index (κ1) is 11.8. The number of carbonyl (C=O) groups excluding carboxylic acids is 1. The van der Waals surface area contributed by atoms with Gasteiger partial charge in [-0.3, -0.25) is 4.40 Å². The fourth-order valence-corrected chi connectivity index (χ4v) is 2.38. The van der Waals surface area contributed by atoms with Crippen LogP contribution in [0.25, 0.3) is 16.5 Å². The molecule has 0 radical (unpaired) electrons. The normalized spacial score (nSPS) is 10.8. The van der Waals surface area contributed by atoms with E-state index >= 15 is 0 Å². The molecule has 0 unspecified atom stereocenters. The maximum Gasteiger partial charge on any atom is 0.358 e. The number of carbonyl (C=O) groups is 1. The topological polar surface area (TPSA) is 69.4 Å². The van der Waals surface area contributed by atoms with E-state index in [4.69, 9.17) is 4.74 Å². The minimum atomic E-state index is -0.446. The summed E-state index contributed by atoms with van der Waals surface area (Å²) in [6.45, 7) is 2.08. The van der Waals surface area contributed by atoms with Crippen molar-refractivity contribution in [3.8, 4) is 10.7 Å². The van der Waals surface area contributed by atoms with Crippen LogP contribution in [-0.2, 0) is 4.74 Å². The molecular weight excluding hydrogens is 264 g/mol. The molecule has 0 aromatic carbocycles. The first-order chi connectivity index (χ1) is 9.29. The molecular formula is C12H10N4O2S. The Balaban J connectivity index is 2.13. The predicted octanol–water partition coefficient (Wildman–Crippen LogP) is 2.03. The molecule has 0 aliphatic rings. The second-order valence-electron chi connectivity index (χ2n) is 3.68. The van der Waals surface area contributed by atoms with Gasteiger partial charge in [0.2, 0.25) is 5.78 Å². The Kier molecular flexibility index (Phi) is 2.96. The van der Waals surface area contributed by atoms with Crippen molar-refractivity contribution in [1.82, 2.24) is 19.4 Å². The summed E-state index contributed by atoms with van der Waals surface area (Å²) in [5.74, 6) is 0.00819. The van der Waals surface area contributed by atoms with Crippen molar-refractivity contribution in [2.75, 3.05) is 6.61 Å². The highest BCUT2D eigenvalue weighted by atomic mass is 32.1. The number of hydrogen-bond donors (Lipinski definition) is 0. The largest absolute Gasteiger partial charge is 0.461 e. The number of hydrogen-bond acceptors (Lipinski definition) is 6. The van der Waals surface area contributed by atoms with Gasteiger partial charge in [-0.25, -0.2) is 19.7 Å². The zero-order chi connectivity index (χ0) is 13.2. The van der Waals surface area contributed by atoms with Crippen LogP contribution in [-0.4, -0.2) is 31.9 Å². The van der Waals surface area contributed by atoms with Gasteiger partial charge in [-0.1, -0.05) is 0 Å². The van der Waals surface area contributed by atoms with Crippen molar-refractivity contribution >= 4 is 23.1 Å². The molecule has 96 valence electrons. The van der Waals surface area contributed by atoms with Crippen LogP contribution in [0.1, 0.15) is 17.4 Å². The second kappa shape index (κ2) is 4.77. The summed E-state index contributed by atoms with van der Waals surface area (Å²) in [5, 5.41) is 2.74. The average molecular weight is 274 g/mol. The molecule has 0 aliphatic carbocycles. The van der Waals surface area contributed by atoms with E-state index < -0.39 is 5.97 Å². The summed E-state index contributed by atoms with van der Waals surface area (Å²) in [7, 11) is 0. The van der Waals surface area contributed by atoms with Crippen LogP contribution < -0.4 is 0 Å². The predicted molar refractivity (Wildman–Crippen MR) is 70.1 cm³/mol. The Hall–Kier alpha value is -2.28. The average Bonchev–Trinajstić information content (AvgIpc) is 3.07. The summed E-state index contributed by atoms with van der Waals surface area (Å²) in [6, 6.07) is 1.84. The smallest absolute Gasteiger partial charge is 0.358 e. The number of aromatic nitrogens is 4. The van der Waals surface area contributed by atoms with Gasteiger partial charge in [0, 0.05) is 24.0 Å². The van der Waals surface area contributed by atoms with E-state index in [0.717, 1.165) is 10.7 Å². The molecule has 0 amide bonds. The number of nitrogens with zero attached hydrogens (tertiary/aromatic N) is 4. The number of fused-ring (bicyclic) bond motifs is 1. The van der Waals surface area contributed by atoms with Crippen molar-refractivity contribution in [2.45, 2.75) is 6.92 Å². The van der Waals surface area contributed by atoms with Crippen LogP contribution in [0.5, 0.6) is 0 Å². The minimum Gasteiger partial charge on any atom is -0.461 e. The van der Waals surface area contributed by atoms with Gasteiger partial charge < -0.3 is 4.74 Å². The molecule has 19 heavy (non-hydrogen) atoms. The molecule has 0 aliphatic heterocycles. The molecule has 0 saturated carbocycles. The number of thiazole rings is 1. The van der Waals surface area contributed by atoms with Crippen molar-refractivity contribution in [3.63, 3.8) is 0 Å². The van der Waals surface area contributed by atoms with E-state index in [1.54, 1.807) is 29.9 Å². The molecule has 7 heteroatoms. The first-order valence-electron chi connectivity index (χ1n) is 5.70. The van der Waals surface area contributed by atoms with Crippen LogP contribution in [0.15, 0.2) is 30.0 Å². The van der Waals surface area contributed by atoms with Crippen LogP contribution in [0.2, 0.25) is 0 Å². The van der Waals surface area contributed by atoms with Gasteiger partial charge in [0.15, 0.2) is 5.69 Å². The zero-order valence-corrected chi connectivity index (χ0v) is 10.9. The minimum absolute atomic E-state index is 0.248. The lowest BCUT2D eigenvalue weighted by molar-refractivity contribution is 0.0520. The van der Waals surface area contributed by atoms with Gasteiger partial charge in [-0.2, -0.15) is 0 Å². The summed E-state index contributed by atoms with van der Waals surface area (Å²) in [6.07, 6.45) is 5.00. The molecule has 0 atom stereocenters. The van der Waals surface area contributed by atoms with Crippen molar-refractivity contribution in [3.05, 3.63) is 35.7 Å². The molecule has 0 N–H and O–H groups in total. The van der Waals surface area contributed by atoms with E-state index in [2.05, 4.69) is 15.0 Å². The van der Waals surface area contributed by atoms with Gasteiger partial charge in [-0.15, -0.1) is 11.3 Å². The quantitative estimate of drug-likeness (QED) is 0.683. The summed E-state index contributed by atoms with van der Waals surface area (Å²) >= 11 is 1.52. The monoisotopic (exact) mass is 274 g/mol. The lowest BCUT2D eigenvalue weighted by Gasteiger charge is -1.99. The van der Waals surface area contributed by atoms with E-state index in [0.29, 0.717) is 12.4 Å². The van der Waals surface area contributed by atoms with Crippen LogP contribution in [0.3, 0.4) is 0 Å². The number of imidazole rings is 1. The molecule has 6 nitrogen and oxygen atoms in total. The molecule has 0 fully saturated rings. The molecule has 3 rings (SSSR count). The third-order valence-electron chi connectivity index (χ3n) is 2.51. The second-order valence-corrected chi connectivity index (χ2v) is 4.58. The third kappa shape index (κ3) is 2.08. The number of esters is 1. The van der Waals surface area contributed by atoms with Gasteiger partial charge in [-0.05, 0) is 13.0 Å². The highest BCUT2D eigenvalue weighted by molar-refractivity contribution is 7.13. The Bertz CT molecular complexity index is 720. The lowest BCUT2D eigenvalue weighted by Crippen LogP contribution is -2.04. The summed E-state index contributed by atoms with van der Waals surface area (Å²) in [5.41, 5.74) is 1.10. The Morgan fingerprint density at radius 2 is 2.32 bits per heavy atom. The van der Waals surface area contributed by atoms with Gasteiger partial charge >= 0.3 is 5.97 Å². The highest BCUT2D eigenvalue weighted by Crippen LogP contribution is 2.22. The standard InChI is InChI=1S/C12H10N4O2S/c1-2-18-11(17)8-7-16-9(10-13-5-6-19-10)3-4-14-12(16)15-8/h3-7H,2H2,1H3. The Morgan fingerprint density at radius 1 is 1.42 bits per heavy atom. The fraction of sp³-hybridized carbons (Fsp3) is 0.167. The molecule has 3 aromatic heterocycles. The molecule has 0 saturated heterocycles. The van der Waals surface area contributed by atoms with E-state index in [9.17, 15) is 4.79 Å². The first-order valence-corrected chi connectivity index (χ1v) is 6.58.